The zero-order chi connectivity index (χ0) is 23.4. The number of aryl methyl sites for hydroxylation is 1. The van der Waals surface area contributed by atoms with E-state index in [2.05, 4.69) is 25.7 Å². The molecule has 1 aromatic carbocycles. The predicted molar refractivity (Wildman–Crippen MR) is 118 cm³/mol. The average Bonchev–Trinajstić information content (AvgIpc) is 3.28. The molecule has 4 rings (SSSR count). The monoisotopic (exact) mass is 454 g/mol. The van der Waals surface area contributed by atoms with E-state index >= 15 is 0 Å². The SMILES string of the molecule is COc1cc(CNC(=O)c2cc(-c3nnn(CC4CCC(O)CC4)n3)cc(C)n2)ccc1F. The first kappa shape index (κ1) is 22.8. The number of tetrazole rings is 1. The van der Waals surface area contributed by atoms with Crippen LogP contribution >= 0.6 is 0 Å². The number of aromatic nitrogens is 5. The van der Waals surface area contributed by atoms with Crippen molar-refractivity contribution < 1.29 is 19.0 Å². The predicted octanol–water partition coefficient (Wildman–Crippen LogP) is 2.67. The Kier molecular flexibility index (Phi) is 6.93. The Labute approximate surface area is 191 Å². The lowest BCUT2D eigenvalue weighted by Crippen LogP contribution is -2.24. The van der Waals surface area contributed by atoms with E-state index < -0.39 is 5.82 Å². The minimum atomic E-state index is -0.459. The second-order valence-electron chi connectivity index (χ2n) is 8.38. The molecule has 3 aromatic rings. The molecule has 10 heteroatoms. The standard InChI is InChI=1S/C23H27FN6O3/c1-14-9-17(22-27-29-30(28-22)13-15-3-6-18(31)7-4-15)11-20(26-14)23(32)25-12-16-5-8-19(24)21(10-16)33-2/h5,8-11,15,18,31H,3-4,6-7,12-13H2,1-2H3,(H,25,32). The summed E-state index contributed by atoms with van der Waals surface area (Å²) in [5, 5.41) is 25.3. The quantitative estimate of drug-likeness (QED) is 0.564. The number of amides is 1. The van der Waals surface area contributed by atoms with Crippen LogP contribution in [0, 0.1) is 18.7 Å². The highest BCUT2D eigenvalue weighted by atomic mass is 19.1. The van der Waals surface area contributed by atoms with Gasteiger partial charge in [-0.2, -0.15) is 4.80 Å². The summed E-state index contributed by atoms with van der Waals surface area (Å²) in [5.41, 5.74) is 2.24. The zero-order valence-corrected chi connectivity index (χ0v) is 18.7. The van der Waals surface area contributed by atoms with Gasteiger partial charge in [0.2, 0.25) is 5.82 Å². The minimum Gasteiger partial charge on any atom is -0.494 e. The van der Waals surface area contributed by atoms with E-state index in [1.807, 2.05) is 0 Å². The summed E-state index contributed by atoms with van der Waals surface area (Å²) in [6.07, 6.45) is 3.29. The Hall–Kier alpha value is -3.40. The summed E-state index contributed by atoms with van der Waals surface area (Å²) in [5.74, 6) is 0.140. The summed E-state index contributed by atoms with van der Waals surface area (Å²) in [6, 6.07) is 7.86. The van der Waals surface area contributed by atoms with E-state index in [4.69, 9.17) is 4.74 Å². The first-order valence-corrected chi connectivity index (χ1v) is 11.0. The molecule has 1 saturated carbocycles. The number of nitrogens with one attached hydrogen (secondary N) is 1. The van der Waals surface area contributed by atoms with Crippen LogP contribution in [0.4, 0.5) is 4.39 Å². The molecule has 0 atom stereocenters. The number of halogens is 1. The molecule has 1 aliphatic carbocycles. The number of nitrogens with zero attached hydrogens (tertiary/aromatic N) is 5. The van der Waals surface area contributed by atoms with Gasteiger partial charge in [-0.15, -0.1) is 10.2 Å². The number of aliphatic hydroxyl groups excluding tert-OH is 1. The fourth-order valence-corrected chi connectivity index (χ4v) is 4.00. The van der Waals surface area contributed by atoms with Gasteiger partial charge in [-0.1, -0.05) is 6.07 Å². The highest BCUT2D eigenvalue weighted by Crippen LogP contribution is 2.25. The molecule has 33 heavy (non-hydrogen) atoms. The Balaban J connectivity index is 1.43. The molecule has 1 aliphatic rings. The van der Waals surface area contributed by atoms with Crippen LogP contribution < -0.4 is 10.1 Å². The first-order valence-electron chi connectivity index (χ1n) is 11.0. The van der Waals surface area contributed by atoms with Crippen molar-refractivity contribution in [1.82, 2.24) is 30.5 Å². The maximum atomic E-state index is 13.6. The second kappa shape index (κ2) is 10.0. The number of carbonyl (C=O) groups is 1. The van der Waals surface area contributed by atoms with Crippen molar-refractivity contribution >= 4 is 5.91 Å². The van der Waals surface area contributed by atoms with Crippen LogP contribution in [0.1, 0.15) is 47.4 Å². The maximum Gasteiger partial charge on any atom is 0.270 e. The van der Waals surface area contributed by atoms with Gasteiger partial charge in [0.1, 0.15) is 5.69 Å². The van der Waals surface area contributed by atoms with Gasteiger partial charge in [-0.25, -0.2) is 9.37 Å². The van der Waals surface area contributed by atoms with Gasteiger partial charge in [-0.05, 0) is 73.6 Å². The van der Waals surface area contributed by atoms with Crippen molar-refractivity contribution in [3.8, 4) is 17.1 Å². The summed E-state index contributed by atoms with van der Waals surface area (Å²) < 4.78 is 18.6. The van der Waals surface area contributed by atoms with Crippen LogP contribution in [0.3, 0.4) is 0 Å². The van der Waals surface area contributed by atoms with E-state index in [9.17, 15) is 14.3 Å². The smallest absolute Gasteiger partial charge is 0.270 e. The van der Waals surface area contributed by atoms with Crippen LogP contribution in [0.25, 0.3) is 11.4 Å². The molecule has 2 N–H and O–H groups in total. The van der Waals surface area contributed by atoms with E-state index in [1.54, 1.807) is 36.0 Å². The molecular weight excluding hydrogens is 427 g/mol. The average molecular weight is 455 g/mol. The largest absolute Gasteiger partial charge is 0.494 e. The van der Waals surface area contributed by atoms with Crippen molar-refractivity contribution in [3.63, 3.8) is 0 Å². The topological polar surface area (TPSA) is 115 Å². The highest BCUT2D eigenvalue weighted by molar-refractivity contribution is 5.93. The second-order valence-corrected chi connectivity index (χ2v) is 8.38. The number of methoxy groups -OCH3 is 1. The molecule has 0 bridgehead atoms. The number of carbonyl (C=O) groups excluding carboxylic acids is 1. The maximum absolute atomic E-state index is 13.6. The van der Waals surface area contributed by atoms with Crippen molar-refractivity contribution in [1.29, 1.82) is 0 Å². The first-order chi connectivity index (χ1) is 15.9. The fourth-order valence-electron chi connectivity index (χ4n) is 4.00. The number of aliphatic hydroxyl groups is 1. The molecule has 0 aliphatic heterocycles. The van der Waals surface area contributed by atoms with Gasteiger partial charge in [0.25, 0.3) is 5.91 Å². The molecule has 2 heterocycles. The van der Waals surface area contributed by atoms with E-state index in [0.717, 1.165) is 25.7 Å². The molecule has 0 radical (unpaired) electrons. The van der Waals surface area contributed by atoms with Crippen LogP contribution in [0.2, 0.25) is 0 Å². The van der Waals surface area contributed by atoms with Crippen molar-refractivity contribution in [2.24, 2.45) is 5.92 Å². The highest BCUT2D eigenvalue weighted by Gasteiger charge is 2.21. The lowest BCUT2D eigenvalue weighted by atomic mass is 9.88. The van der Waals surface area contributed by atoms with Crippen molar-refractivity contribution in [2.75, 3.05) is 7.11 Å². The summed E-state index contributed by atoms with van der Waals surface area (Å²) in [7, 11) is 1.39. The van der Waals surface area contributed by atoms with Crippen LogP contribution in [0.5, 0.6) is 5.75 Å². The number of hydrogen-bond acceptors (Lipinski definition) is 7. The number of ether oxygens (including phenoxy) is 1. The molecule has 0 unspecified atom stereocenters. The third-order valence-corrected chi connectivity index (χ3v) is 5.80. The van der Waals surface area contributed by atoms with Gasteiger partial charge in [0.05, 0.1) is 19.8 Å². The van der Waals surface area contributed by atoms with Crippen LogP contribution in [-0.2, 0) is 13.1 Å². The summed E-state index contributed by atoms with van der Waals surface area (Å²) >= 11 is 0. The van der Waals surface area contributed by atoms with Crippen LogP contribution in [0.15, 0.2) is 30.3 Å². The van der Waals surface area contributed by atoms with Crippen molar-refractivity contribution in [2.45, 2.75) is 51.8 Å². The Morgan fingerprint density at radius 3 is 2.79 bits per heavy atom. The van der Waals surface area contributed by atoms with E-state index in [-0.39, 0.29) is 30.0 Å². The third-order valence-electron chi connectivity index (χ3n) is 5.80. The van der Waals surface area contributed by atoms with Gasteiger partial charge >= 0.3 is 0 Å². The Bertz CT molecular complexity index is 1130. The summed E-state index contributed by atoms with van der Waals surface area (Å²) in [6.45, 7) is 2.64. The zero-order valence-electron chi connectivity index (χ0n) is 18.7. The normalized spacial score (nSPS) is 18.2. The number of hydrogen-bond donors (Lipinski definition) is 2. The lowest BCUT2D eigenvalue weighted by Gasteiger charge is -2.24. The molecular formula is C23H27FN6O3. The van der Waals surface area contributed by atoms with Crippen LogP contribution in [-0.4, -0.2) is 49.4 Å². The summed E-state index contributed by atoms with van der Waals surface area (Å²) in [4.78, 5) is 18.6. The van der Waals surface area contributed by atoms with E-state index in [0.29, 0.717) is 35.1 Å². The van der Waals surface area contributed by atoms with Gasteiger partial charge in [-0.3, -0.25) is 4.79 Å². The lowest BCUT2D eigenvalue weighted by molar-refractivity contribution is 0.0945. The van der Waals surface area contributed by atoms with Crippen molar-refractivity contribution in [3.05, 3.63) is 53.1 Å². The van der Waals surface area contributed by atoms with Gasteiger partial charge < -0.3 is 15.2 Å². The number of rotatable bonds is 7. The molecule has 1 amide bonds. The van der Waals surface area contributed by atoms with Gasteiger partial charge in [0, 0.05) is 17.8 Å². The van der Waals surface area contributed by atoms with E-state index in [1.165, 1.54) is 13.2 Å². The number of pyridine rings is 1. The van der Waals surface area contributed by atoms with Gasteiger partial charge in [0.15, 0.2) is 11.6 Å². The molecule has 0 saturated heterocycles. The molecule has 9 nitrogen and oxygen atoms in total. The molecule has 1 fully saturated rings. The molecule has 0 spiro atoms. The minimum absolute atomic E-state index is 0.122. The molecule has 174 valence electrons. The molecule has 2 aromatic heterocycles. The Morgan fingerprint density at radius 1 is 1.24 bits per heavy atom. The number of benzene rings is 1. The Morgan fingerprint density at radius 2 is 2.03 bits per heavy atom. The fraction of sp³-hybridized carbons (Fsp3) is 0.435. The third kappa shape index (κ3) is 5.70.